The predicted molar refractivity (Wildman–Crippen MR) is 125 cm³/mol. The van der Waals surface area contributed by atoms with Crippen LogP contribution in [0.4, 0.5) is 15.8 Å². The number of nitrogens with one attached hydrogen (secondary N) is 3. The Bertz CT molecular complexity index is 1260. The van der Waals surface area contributed by atoms with Crippen molar-refractivity contribution in [1.82, 2.24) is 4.98 Å². The molecule has 8 nitrogen and oxygen atoms in total. The molecule has 0 saturated carbocycles. The number of rotatable bonds is 6. The van der Waals surface area contributed by atoms with Crippen LogP contribution in [0.5, 0.6) is 0 Å². The summed E-state index contributed by atoms with van der Waals surface area (Å²) >= 11 is 0. The normalized spacial score (nSPS) is 14.8. The summed E-state index contributed by atoms with van der Waals surface area (Å²) in [6.45, 7) is 1.22. The molecule has 1 fully saturated rings. The molecular formula is C24H24FN5O3. The van der Waals surface area contributed by atoms with Crippen LogP contribution in [-0.2, 0) is 9.53 Å². The number of hydrogen-bond donors (Lipinski definition) is 3. The van der Waals surface area contributed by atoms with E-state index in [1.54, 1.807) is 24.1 Å². The van der Waals surface area contributed by atoms with E-state index in [-0.39, 0.29) is 23.1 Å². The van der Waals surface area contributed by atoms with Crippen LogP contribution in [0.15, 0.2) is 64.6 Å². The average molecular weight is 449 g/mol. The van der Waals surface area contributed by atoms with Crippen LogP contribution in [0.2, 0.25) is 0 Å². The number of carbonyl (C=O) groups is 1. The molecule has 0 unspecified atom stereocenters. The lowest BCUT2D eigenvalue weighted by Crippen LogP contribution is -2.35. The van der Waals surface area contributed by atoms with E-state index >= 15 is 0 Å². The lowest BCUT2D eigenvalue weighted by atomic mass is 9.98. The molecule has 1 amide bonds. The molecule has 2 heterocycles. The van der Waals surface area contributed by atoms with Gasteiger partial charge in [-0.15, -0.1) is 0 Å². The number of nitrogens with zero attached hydrogens (tertiary/aromatic N) is 2. The van der Waals surface area contributed by atoms with Crippen molar-refractivity contribution in [1.29, 1.82) is 5.53 Å². The van der Waals surface area contributed by atoms with Crippen molar-refractivity contribution in [2.75, 3.05) is 30.5 Å². The third-order valence-electron chi connectivity index (χ3n) is 5.73. The molecule has 0 bridgehead atoms. The molecule has 33 heavy (non-hydrogen) atoms. The second-order valence-electron chi connectivity index (χ2n) is 7.86. The van der Waals surface area contributed by atoms with Gasteiger partial charge < -0.3 is 19.9 Å². The highest BCUT2D eigenvalue weighted by Gasteiger charge is 2.25. The van der Waals surface area contributed by atoms with Crippen molar-refractivity contribution < 1.29 is 13.9 Å². The molecule has 1 aliphatic rings. The summed E-state index contributed by atoms with van der Waals surface area (Å²) in [5.41, 5.74) is 9.25. The third-order valence-corrected chi connectivity index (χ3v) is 5.73. The van der Waals surface area contributed by atoms with Gasteiger partial charge in [-0.25, -0.2) is 9.92 Å². The first kappa shape index (κ1) is 22.3. The summed E-state index contributed by atoms with van der Waals surface area (Å²) < 4.78 is 18.9. The van der Waals surface area contributed by atoms with Gasteiger partial charge in [-0.2, -0.15) is 5.11 Å². The minimum absolute atomic E-state index is 0.0285. The smallest absolute Gasteiger partial charge is 0.258 e. The molecule has 0 radical (unpaired) electrons. The molecule has 4 rings (SSSR count). The SMILES string of the molecule is CN(C(=O)C1CCOCC1)c1ccc(N/C=C(\N=N)c2cc3cc(F)ccc3[nH]c2=O)cc1. The molecule has 3 aromatic rings. The second kappa shape index (κ2) is 9.74. The number of hydrogen-bond acceptors (Lipinski definition) is 6. The first-order valence-corrected chi connectivity index (χ1v) is 10.6. The second-order valence-corrected chi connectivity index (χ2v) is 7.86. The molecule has 1 aromatic heterocycles. The molecule has 1 saturated heterocycles. The number of anilines is 2. The molecule has 170 valence electrons. The number of H-pyrrole nitrogens is 1. The number of benzene rings is 2. The topological polar surface area (TPSA) is 111 Å². The highest BCUT2D eigenvalue weighted by atomic mass is 19.1. The maximum absolute atomic E-state index is 13.6. The number of halogens is 1. The monoisotopic (exact) mass is 449 g/mol. The van der Waals surface area contributed by atoms with Gasteiger partial charge in [0.1, 0.15) is 11.5 Å². The molecule has 3 N–H and O–H groups in total. The number of fused-ring (bicyclic) bond motifs is 1. The summed E-state index contributed by atoms with van der Waals surface area (Å²) in [5.74, 6) is -0.382. The maximum atomic E-state index is 13.6. The summed E-state index contributed by atoms with van der Waals surface area (Å²) in [6.07, 6.45) is 2.90. The van der Waals surface area contributed by atoms with Crippen molar-refractivity contribution in [3.63, 3.8) is 0 Å². The fourth-order valence-corrected chi connectivity index (χ4v) is 3.82. The Morgan fingerprint density at radius 3 is 2.64 bits per heavy atom. The van der Waals surface area contributed by atoms with E-state index in [4.69, 9.17) is 10.3 Å². The number of amides is 1. The first-order chi connectivity index (χ1) is 16.0. The Morgan fingerprint density at radius 1 is 1.21 bits per heavy atom. The number of ether oxygens (including phenoxy) is 1. The minimum atomic E-state index is -0.429. The number of pyridine rings is 1. The van der Waals surface area contributed by atoms with Gasteiger partial charge in [0.05, 0.1) is 5.56 Å². The molecule has 9 heteroatoms. The van der Waals surface area contributed by atoms with Gasteiger partial charge in [0, 0.05) is 54.7 Å². The van der Waals surface area contributed by atoms with Crippen molar-refractivity contribution in [2.24, 2.45) is 11.0 Å². The van der Waals surface area contributed by atoms with Crippen molar-refractivity contribution in [3.8, 4) is 0 Å². The Kier molecular flexibility index (Phi) is 6.60. The van der Waals surface area contributed by atoms with E-state index in [9.17, 15) is 14.0 Å². The largest absolute Gasteiger partial charge is 0.381 e. The zero-order valence-electron chi connectivity index (χ0n) is 18.1. The van der Waals surface area contributed by atoms with Crippen LogP contribution in [0.25, 0.3) is 16.6 Å². The molecular weight excluding hydrogens is 425 g/mol. The zero-order valence-corrected chi connectivity index (χ0v) is 18.1. The van der Waals surface area contributed by atoms with Gasteiger partial charge in [0.2, 0.25) is 5.91 Å². The molecule has 0 spiro atoms. The van der Waals surface area contributed by atoms with E-state index in [0.717, 1.165) is 18.5 Å². The summed E-state index contributed by atoms with van der Waals surface area (Å²) in [6, 6.07) is 12.8. The number of carbonyl (C=O) groups excluding carboxylic acids is 1. The van der Waals surface area contributed by atoms with E-state index < -0.39 is 11.4 Å². The zero-order chi connectivity index (χ0) is 23.4. The molecule has 1 aliphatic heterocycles. The minimum Gasteiger partial charge on any atom is -0.381 e. The average Bonchev–Trinajstić information content (AvgIpc) is 2.85. The Balaban J connectivity index is 1.50. The first-order valence-electron chi connectivity index (χ1n) is 10.6. The summed E-state index contributed by atoms with van der Waals surface area (Å²) in [4.78, 5) is 29.5. The van der Waals surface area contributed by atoms with Crippen molar-refractivity contribution in [2.45, 2.75) is 12.8 Å². The maximum Gasteiger partial charge on any atom is 0.258 e. The van der Waals surface area contributed by atoms with Crippen LogP contribution in [0, 0.1) is 17.3 Å². The van der Waals surface area contributed by atoms with Crippen LogP contribution in [-0.4, -0.2) is 31.2 Å². The summed E-state index contributed by atoms with van der Waals surface area (Å²) in [7, 11) is 1.76. The molecule has 0 aliphatic carbocycles. The van der Waals surface area contributed by atoms with Crippen molar-refractivity contribution >= 4 is 33.9 Å². The van der Waals surface area contributed by atoms with Crippen molar-refractivity contribution in [3.05, 3.63) is 76.5 Å². The van der Waals surface area contributed by atoms with Gasteiger partial charge in [-0.3, -0.25) is 9.59 Å². The van der Waals surface area contributed by atoms with E-state index in [1.807, 2.05) is 12.1 Å². The van der Waals surface area contributed by atoms with Gasteiger partial charge in [0.25, 0.3) is 5.56 Å². The van der Waals surface area contributed by atoms with Gasteiger partial charge in [-0.05, 0) is 61.4 Å². The van der Waals surface area contributed by atoms with Gasteiger partial charge in [-0.1, -0.05) is 0 Å². The Labute approximate surface area is 189 Å². The third kappa shape index (κ3) is 4.98. The van der Waals surface area contributed by atoms with E-state index in [0.29, 0.717) is 29.8 Å². The Hall–Kier alpha value is -3.85. The fourth-order valence-electron chi connectivity index (χ4n) is 3.82. The molecule has 2 aromatic carbocycles. The quantitative estimate of drug-likeness (QED) is 0.481. The standard InChI is InChI=1S/C24H24FN5O3/c1-30(24(32)15-8-10-33-11-9-15)19-5-3-18(4-6-19)27-14-22(29-26)20-13-16-12-17(25)2-7-21(16)28-23(20)31/h2-7,12-15,26-27H,8-11H2,1H3,(H,28,31)/b22-14-,29-26?. The van der Waals surface area contributed by atoms with Crippen LogP contribution in [0.1, 0.15) is 18.4 Å². The Morgan fingerprint density at radius 2 is 1.94 bits per heavy atom. The van der Waals surface area contributed by atoms with E-state index in [2.05, 4.69) is 15.4 Å². The number of aromatic nitrogens is 1. The van der Waals surface area contributed by atoms with E-state index in [1.165, 1.54) is 30.5 Å². The lowest BCUT2D eigenvalue weighted by Gasteiger charge is -2.26. The molecule has 0 atom stereocenters. The number of aromatic amines is 1. The van der Waals surface area contributed by atoms with Gasteiger partial charge in [0.15, 0.2) is 0 Å². The van der Waals surface area contributed by atoms with Gasteiger partial charge >= 0.3 is 0 Å². The van der Waals surface area contributed by atoms with Crippen LogP contribution < -0.4 is 15.8 Å². The van der Waals surface area contributed by atoms with Crippen LogP contribution in [0.3, 0.4) is 0 Å². The highest BCUT2D eigenvalue weighted by molar-refractivity contribution is 5.94. The lowest BCUT2D eigenvalue weighted by molar-refractivity contribution is -0.124. The summed E-state index contributed by atoms with van der Waals surface area (Å²) in [5, 5.41) is 6.97. The highest BCUT2D eigenvalue weighted by Crippen LogP contribution is 2.24. The van der Waals surface area contributed by atoms with Crippen LogP contribution >= 0.6 is 0 Å². The fraction of sp³-hybridized carbons (Fsp3) is 0.250. The predicted octanol–water partition coefficient (Wildman–Crippen LogP) is 4.50.